The van der Waals surface area contributed by atoms with Gasteiger partial charge in [-0.3, -0.25) is 0 Å². The van der Waals surface area contributed by atoms with Gasteiger partial charge in [0.05, 0.1) is 18.3 Å². The summed E-state index contributed by atoms with van der Waals surface area (Å²) in [5.41, 5.74) is 0. The quantitative estimate of drug-likeness (QED) is 0.569. The molecule has 0 atom stereocenters. The summed E-state index contributed by atoms with van der Waals surface area (Å²) in [6, 6.07) is 0. The number of hydrogen-bond donors (Lipinski definition) is 0. The molecule has 0 amide bonds. The van der Waals surface area contributed by atoms with E-state index in [-0.39, 0.29) is 5.97 Å². The largest absolute Gasteiger partial charge is 0.465 e. The molecular formula is C10H14BNO2S. The van der Waals surface area contributed by atoms with E-state index in [0.717, 1.165) is 5.01 Å². The van der Waals surface area contributed by atoms with Crippen LogP contribution in [0, 0.1) is 0 Å². The molecule has 15 heavy (non-hydrogen) atoms. The molecule has 0 saturated carbocycles. The zero-order chi connectivity index (χ0) is 10.7. The Hall–Kier alpha value is -0.835. The van der Waals surface area contributed by atoms with E-state index in [2.05, 4.69) is 9.72 Å². The van der Waals surface area contributed by atoms with E-state index in [0.29, 0.717) is 10.8 Å². The van der Waals surface area contributed by atoms with Crippen LogP contribution < -0.4 is 0 Å². The molecule has 1 aliphatic rings. The molecule has 1 aliphatic heterocycles. The number of carbonyl (C=O) groups is 1. The normalized spacial score (nSPS) is 17.1. The zero-order valence-corrected chi connectivity index (χ0v) is 9.68. The van der Waals surface area contributed by atoms with E-state index >= 15 is 0 Å². The molecule has 0 spiro atoms. The smallest absolute Gasteiger partial charge is 0.349 e. The van der Waals surface area contributed by atoms with Gasteiger partial charge in [0.15, 0.2) is 0 Å². The van der Waals surface area contributed by atoms with Gasteiger partial charge >= 0.3 is 5.97 Å². The molecule has 2 heterocycles. The molecule has 0 unspecified atom stereocenters. The first-order chi connectivity index (χ1) is 7.31. The third-order valence-electron chi connectivity index (χ3n) is 2.86. The van der Waals surface area contributed by atoms with Gasteiger partial charge in [0.25, 0.3) is 0 Å². The molecule has 80 valence electrons. The van der Waals surface area contributed by atoms with E-state index in [1.54, 1.807) is 6.20 Å². The molecule has 0 radical (unpaired) electrons. The van der Waals surface area contributed by atoms with Crippen LogP contribution in [0.5, 0.6) is 0 Å². The molecule has 3 nitrogen and oxygen atoms in total. The lowest BCUT2D eigenvalue weighted by Crippen LogP contribution is -2.07. The minimum Gasteiger partial charge on any atom is -0.465 e. The fourth-order valence-electron chi connectivity index (χ4n) is 2.02. The van der Waals surface area contributed by atoms with Crippen LogP contribution >= 0.6 is 11.3 Å². The number of methoxy groups -OCH3 is 1. The maximum atomic E-state index is 11.3. The van der Waals surface area contributed by atoms with Gasteiger partial charge in [0.1, 0.15) is 12.2 Å². The number of carbonyl (C=O) groups excluding carboxylic acids is 1. The van der Waals surface area contributed by atoms with Gasteiger partial charge in [0, 0.05) is 5.92 Å². The minimum absolute atomic E-state index is 0.269. The summed E-state index contributed by atoms with van der Waals surface area (Å²) in [6.07, 6.45) is 6.65. The Labute approximate surface area is 94.1 Å². The third-order valence-corrected chi connectivity index (χ3v) is 4.00. The van der Waals surface area contributed by atoms with Crippen LogP contribution in [-0.2, 0) is 4.74 Å². The Morgan fingerprint density at radius 2 is 2.33 bits per heavy atom. The summed E-state index contributed by atoms with van der Waals surface area (Å²) in [4.78, 5) is 16.2. The Balaban J connectivity index is 2.08. The van der Waals surface area contributed by atoms with Crippen LogP contribution in [0.4, 0.5) is 0 Å². The third kappa shape index (κ3) is 2.40. The van der Waals surface area contributed by atoms with Crippen LogP contribution in [-0.4, -0.2) is 25.3 Å². The van der Waals surface area contributed by atoms with Gasteiger partial charge in [0.2, 0.25) is 0 Å². The second kappa shape index (κ2) is 4.79. The van der Waals surface area contributed by atoms with Crippen molar-refractivity contribution < 1.29 is 9.53 Å². The lowest BCUT2D eigenvalue weighted by molar-refractivity contribution is 0.0606. The molecule has 2 rings (SSSR count). The van der Waals surface area contributed by atoms with Crippen LogP contribution in [0.15, 0.2) is 6.20 Å². The van der Waals surface area contributed by atoms with Crippen LogP contribution in [0.3, 0.4) is 0 Å². The highest BCUT2D eigenvalue weighted by molar-refractivity contribution is 7.13. The molecule has 0 aliphatic carbocycles. The van der Waals surface area contributed by atoms with Crippen LogP contribution in [0.2, 0.25) is 12.6 Å². The average molecular weight is 223 g/mol. The van der Waals surface area contributed by atoms with Crippen molar-refractivity contribution in [2.24, 2.45) is 0 Å². The fraction of sp³-hybridized carbons (Fsp3) is 0.600. The summed E-state index contributed by atoms with van der Waals surface area (Å²) in [5.74, 6) is 0.303. The van der Waals surface area contributed by atoms with E-state index in [4.69, 9.17) is 0 Å². The number of ether oxygens (including phenoxy) is 1. The molecule has 1 aromatic rings. The number of hydrogen-bond acceptors (Lipinski definition) is 4. The van der Waals surface area contributed by atoms with Gasteiger partial charge in [-0.1, -0.05) is 25.5 Å². The lowest BCUT2D eigenvalue weighted by atomic mass is 9.61. The maximum absolute atomic E-state index is 11.3. The van der Waals surface area contributed by atoms with E-state index in [1.165, 1.54) is 51.2 Å². The van der Waals surface area contributed by atoms with Crippen molar-refractivity contribution in [3.05, 3.63) is 16.1 Å². The highest BCUT2D eigenvalue weighted by Gasteiger charge is 2.20. The van der Waals surface area contributed by atoms with Crippen molar-refractivity contribution in [1.29, 1.82) is 0 Å². The highest BCUT2D eigenvalue weighted by Crippen LogP contribution is 2.33. The van der Waals surface area contributed by atoms with Crippen LogP contribution in [0.25, 0.3) is 0 Å². The summed E-state index contributed by atoms with van der Waals surface area (Å²) in [5, 5.41) is 1.11. The fourth-order valence-corrected chi connectivity index (χ4v) is 3.03. The lowest BCUT2D eigenvalue weighted by Gasteiger charge is -2.18. The summed E-state index contributed by atoms with van der Waals surface area (Å²) < 4.78 is 4.67. The Bertz CT molecular complexity index is 347. The first kappa shape index (κ1) is 10.7. The van der Waals surface area contributed by atoms with Crippen molar-refractivity contribution in [2.45, 2.75) is 31.4 Å². The predicted octanol–water partition coefficient (Wildman–Crippen LogP) is 2.08. The van der Waals surface area contributed by atoms with Crippen molar-refractivity contribution in [3.8, 4) is 0 Å². The highest BCUT2D eigenvalue weighted by atomic mass is 32.1. The molecule has 5 heteroatoms. The first-order valence-corrected chi connectivity index (χ1v) is 6.17. The monoisotopic (exact) mass is 223 g/mol. The number of aromatic nitrogens is 1. The van der Waals surface area contributed by atoms with Gasteiger partial charge in [-0.05, 0) is 0 Å². The van der Waals surface area contributed by atoms with Crippen molar-refractivity contribution in [2.75, 3.05) is 7.11 Å². The first-order valence-electron chi connectivity index (χ1n) is 5.35. The van der Waals surface area contributed by atoms with Crippen LogP contribution in [0.1, 0.15) is 33.4 Å². The number of thiazole rings is 1. The Morgan fingerprint density at radius 1 is 1.60 bits per heavy atom. The SMILES string of the molecule is COC(=O)c1cnc(C2CCBCC2)s1. The van der Waals surface area contributed by atoms with Crippen molar-refractivity contribution in [1.82, 2.24) is 4.98 Å². The van der Waals surface area contributed by atoms with E-state index in [9.17, 15) is 4.79 Å². The van der Waals surface area contributed by atoms with Gasteiger partial charge in [-0.2, -0.15) is 0 Å². The molecule has 1 fully saturated rings. The van der Waals surface area contributed by atoms with E-state index < -0.39 is 0 Å². The Morgan fingerprint density at radius 3 is 3.00 bits per heavy atom. The van der Waals surface area contributed by atoms with E-state index in [1.807, 2.05) is 0 Å². The minimum atomic E-state index is -0.269. The van der Waals surface area contributed by atoms with Gasteiger partial charge in [-0.15, -0.1) is 11.3 Å². The molecular weight excluding hydrogens is 209 g/mol. The average Bonchev–Trinajstić information content (AvgIpc) is 2.78. The number of rotatable bonds is 2. The second-order valence-corrected chi connectivity index (χ2v) is 4.95. The zero-order valence-electron chi connectivity index (χ0n) is 8.86. The van der Waals surface area contributed by atoms with Crippen molar-refractivity contribution in [3.63, 3.8) is 0 Å². The van der Waals surface area contributed by atoms with Gasteiger partial charge in [-0.25, -0.2) is 9.78 Å². The summed E-state index contributed by atoms with van der Waals surface area (Å²) in [7, 11) is 2.74. The summed E-state index contributed by atoms with van der Waals surface area (Å²) in [6.45, 7) is 0. The topological polar surface area (TPSA) is 39.2 Å². The molecule has 1 aromatic heterocycles. The molecule has 0 N–H and O–H groups in total. The second-order valence-electron chi connectivity index (χ2n) is 3.89. The van der Waals surface area contributed by atoms with Gasteiger partial charge < -0.3 is 4.74 Å². The molecule has 0 aromatic carbocycles. The standard InChI is InChI=1S/C10H14BNO2S/c1-14-10(13)8-6-12-9(15-8)7-2-4-11-5-3-7/h6-7,11H,2-5H2,1H3. The van der Waals surface area contributed by atoms with Crippen molar-refractivity contribution >= 4 is 24.6 Å². The molecule has 1 saturated heterocycles. The number of nitrogens with zero attached hydrogens (tertiary/aromatic N) is 1. The molecule has 0 bridgehead atoms. The number of esters is 1. The Kier molecular flexibility index (Phi) is 3.41. The summed E-state index contributed by atoms with van der Waals surface area (Å²) >= 11 is 1.49. The maximum Gasteiger partial charge on any atom is 0.349 e. The predicted molar refractivity (Wildman–Crippen MR) is 62.2 cm³/mol.